The van der Waals surface area contributed by atoms with Crippen LogP contribution in [-0.2, 0) is 20.4 Å². The second-order valence-electron chi connectivity index (χ2n) is 2.14. The van der Waals surface area contributed by atoms with Gasteiger partial charge in [-0.15, -0.1) is 0 Å². The number of rotatable bonds is 0. The van der Waals surface area contributed by atoms with E-state index in [1.165, 1.54) is 0 Å². The summed E-state index contributed by atoms with van der Waals surface area (Å²) in [6.07, 6.45) is 0. The molecule has 0 aromatic carbocycles. The Balaban J connectivity index is -0.0000000476. The van der Waals surface area contributed by atoms with Crippen molar-refractivity contribution in [1.82, 2.24) is 0 Å². The maximum atomic E-state index is 5.06. The molecule has 0 unspecified atom stereocenters. The van der Waals surface area contributed by atoms with Crippen molar-refractivity contribution in [2.75, 3.05) is 0 Å². The van der Waals surface area contributed by atoms with E-state index in [0.29, 0.717) is 0 Å². The third-order valence-electron chi connectivity index (χ3n) is 0. The van der Waals surface area contributed by atoms with E-state index in [1.807, 2.05) is 0 Å². The van der Waals surface area contributed by atoms with Gasteiger partial charge in [-0.05, 0) is 0 Å². The number of hydrogen-bond donors (Lipinski definition) is 0. The van der Waals surface area contributed by atoms with Crippen LogP contribution in [0.25, 0.3) is 0 Å². The van der Waals surface area contributed by atoms with Gasteiger partial charge >= 0.3 is 282 Å². The van der Waals surface area contributed by atoms with E-state index in [9.17, 15) is 0 Å². The van der Waals surface area contributed by atoms with E-state index >= 15 is 0 Å². The molecule has 0 bridgehead atoms. The molecule has 0 aromatic rings. The van der Waals surface area contributed by atoms with Crippen LogP contribution >= 0.6 is 173 Å². The third-order valence-corrected chi connectivity index (χ3v) is 0. The van der Waals surface area contributed by atoms with Crippen molar-refractivity contribution in [3.05, 3.63) is 0 Å². The summed E-state index contributed by atoms with van der Waals surface area (Å²) in [6.45, 7) is -16.0. The number of hydrogen-bond acceptors (Lipinski definition) is 0. The fraction of sp³-hybridized carbons (Fsp3) is 0. The first-order chi connectivity index (χ1) is 7.35. The van der Waals surface area contributed by atoms with Gasteiger partial charge in [0.05, 0.1) is 0 Å². The maximum absolute atomic E-state index is 5.33. The van der Waals surface area contributed by atoms with Gasteiger partial charge in [0.15, 0.2) is 0 Å². The van der Waals surface area contributed by atoms with E-state index in [1.54, 1.807) is 0 Å². The SMILES string of the molecule is [Cl][Ir]([Cl])([Cl])([Cl])([Cl])[Cl].[Cl][Ir]([Cl])([Cl])([Cl])([Cl])[Cl].[Cl][Ir]([Cl])([Cl])([Cl])([Cl])[Cl].[NaH].[NaH].[NaH]. The Morgan fingerprint density at radius 2 is 0.208 bits per heavy atom. The van der Waals surface area contributed by atoms with Gasteiger partial charge in [-0.25, -0.2) is 0 Å². The second-order valence-corrected chi connectivity index (χ2v) is 158. The molecule has 24 heavy (non-hydrogen) atoms. The van der Waals surface area contributed by atoms with E-state index in [0.717, 1.165) is 0 Å². The average Bonchev–Trinajstić information content (AvgIpc) is 1.19. The zero-order valence-electron chi connectivity index (χ0n) is 7.80. The summed E-state index contributed by atoms with van der Waals surface area (Å²) < 4.78 is 0. The van der Waals surface area contributed by atoms with Gasteiger partial charge in [0, 0.05) is 0 Å². The van der Waals surface area contributed by atoms with E-state index in [2.05, 4.69) is 0 Å². The van der Waals surface area contributed by atoms with Gasteiger partial charge in [-0.2, -0.15) is 0 Å². The summed E-state index contributed by atoms with van der Waals surface area (Å²) in [4.78, 5) is 0. The van der Waals surface area contributed by atoms with Gasteiger partial charge < -0.3 is 0 Å². The molecule has 0 aliphatic heterocycles. The Kier molecular flexibility index (Phi) is 22.3. The predicted octanol–water partition coefficient (Wildman–Crippen LogP) is 10.5. The first-order valence-corrected chi connectivity index (χ1v) is 55.7. The molecule has 0 radical (unpaired) electrons. The molecule has 0 nitrogen and oxygen atoms in total. The Morgan fingerprint density at radius 1 is 0.208 bits per heavy atom. The monoisotopic (exact) mass is 1280 g/mol. The fourth-order valence-electron chi connectivity index (χ4n) is 0. The van der Waals surface area contributed by atoms with Crippen LogP contribution in [0, 0.1) is 0 Å². The molecule has 0 spiro atoms. The topological polar surface area (TPSA) is 0 Å². The van der Waals surface area contributed by atoms with E-state index in [4.69, 9.17) is 173 Å². The van der Waals surface area contributed by atoms with Crippen molar-refractivity contribution in [1.29, 1.82) is 0 Å². The standard InChI is InChI=1S/18ClH.3Ir.3Na.3H/h18*1H;;;;;;;;;/q;;;;;;;;;;;;;;;;;;3*+6;;;;;;/p-18. The molecule has 0 rings (SSSR count). The zero-order valence-corrected chi connectivity index (χ0v) is 28.6. The Morgan fingerprint density at radius 3 is 0.208 bits per heavy atom. The van der Waals surface area contributed by atoms with Crippen molar-refractivity contribution < 1.29 is 20.4 Å². The molecule has 0 aliphatic carbocycles. The Hall–Kier alpha value is 10.2. The molecule has 0 saturated carbocycles. The number of halogens is 18. The van der Waals surface area contributed by atoms with Gasteiger partial charge in [0.1, 0.15) is 0 Å². The molecule has 0 fully saturated rings. The summed E-state index contributed by atoms with van der Waals surface area (Å²) in [6, 6.07) is 0. The van der Waals surface area contributed by atoms with Crippen molar-refractivity contribution in [3.8, 4) is 0 Å². The molecule has 0 aromatic heterocycles. The zero-order chi connectivity index (χ0) is 19.2. The molecular formula is H3Cl18Ir3Na3. The van der Waals surface area contributed by atoms with Gasteiger partial charge in [0.2, 0.25) is 0 Å². The van der Waals surface area contributed by atoms with Crippen LogP contribution in [0.2, 0.25) is 0 Å². The van der Waals surface area contributed by atoms with Crippen LogP contribution in [0.1, 0.15) is 0 Å². The summed E-state index contributed by atoms with van der Waals surface area (Å²) in [5.74, 6) is 0. The van der Waals surface area contributed by atoms with Crippen LogP contribution in [0.15, 0.2) is 0 Å². The normalized spacial score (nSPS) is 20.2. The molecular weight excluding hydrogens is 1280 g/mol. The van der Waals surface area contributed by atoms with Gasteiger partial charge in [0.25, 0.3) is 0 Å². The molecule has 0 N–H and O–H groups in total. The van der Waals surface area contributed by atoms with Crippen LogP contribution in [0.4, 0.5) is 0 Å². The summed E-state index contributed by atoms with van der Waals surface area (Å²) in [5.41, 5.74) is 0. The second kappa shape index (κ2) is 11.3. The van der Waals surface area contributed by atoms with E-state index < -0.39 is 20.4 Å². The fourth-order valence-corrected chi connectivity index (χ4v) is 0. The first kappa shape index (κ1) is 47.4. The summed E-state index contributed by atoms with van der Waals surface area (Å²) in [5, 5.41) is 0. The molecule has 0 saturated heterocycles. The Labute approximate surface area is 273 Å². The molecule has 0 heterocycles. The first-order valence-electron chi connectivity index (χ1n) is 2.27. The van der Waals surface area contributed by atoms with Crippen LogP contribution in [0.5, 0.6) is 0 Å². The quantitative estimate of drug-likeness (QED) is 0.212. The summed E-state index contributed by atoms with van der Waals surface area (Å²) in [7, 11) is 91.0. The van der Waals surface area contributed by atoms with Crippen molar-refractivity contribution in [2.24, 2.45) is 0 Å². The molecule has 0 amide bonds. The van der Waals surface area contributed by atoms with Crippen LogP contribution in [0.3, 0.4) is 0 Å². The Bertz CT molecular complexity index is 273. The van der Waals surface area contributed by atoms with Crippen molar-refractivity contribution >= 4 is 261 Å². The molecule has 24 heteroatoms. The van der Waals surface area contributed by atoms with Crippen molar-refractivity contribution in [3.63, 3.8) is 0 Å². The molecule has 0 aliphatic rings. The van der Waals surface area contributed by atoms with Gasteiger partial charge in [-0.1, -0.05) is 0 Å². The summed E-state index contributed by atoms with van der Waals surface area (Å²) >= 11 is 0. The third kappa shape index (κ3) is 302. The average molecular weight is 1290 g/mol. The molecule has 0 atom stereocenters. The van der Waals surface area contributed by atoms with E-state index in [-0.39, 0.29) is 88.7 Å². The minimum absolute atomic E-state index is 0. The van der Waals surface area contributed by atoms with Gasteiger partial charge in [-0.3, -0.25) is 0 Å². The molecule has 159 valence electrons. The minimum atomic E-state index is -5.33. The van der Waals surface area contributed by atoms with Crippen LogP contribution < -0.4 is 0 Å². The van der Waals surface area contributed by atoms with Crippen molar-refractivity contribution in [2.45, 2.75) is 0 Å². The predicted molar refractivity (Wildman–Crippen MR) is 127 cm³/mol. The van der Waals surface area contributed by atoms with Crippen LogP contribution in [-0.4, -0.2) is 88.7 Å².